The molecule has 2 N–H and O–H groups in total. The van der Waals surface area contributed by atoms with E-state index in [4.69, 9.17) is 11.6 Å². The van der Waals surface area contributed by atoms with Crippen LogP contribution in [0.1, 0.15) is 36.7 Å². The van der Waals surface area contributed by atoms with E-state index in [1.54, 1.807) is 12.1 Å². The van der Waals surface area contributed by atoms with Crippen molar-refractivity contribution in [3.8, 4) is 0 Å². The zero-order valence-corrected chi connectivity index (χ0v) is 18.2. The van der Waals surface area contributed by atoms with Gasteiger partial charge in [-0.3, -0.25) is 4.68 Å². The Morgan fingerprint density at radius 2 is 1.93 bits per heavy atom. The van der Waals surface area contributed by atoms with Gasteiger partial charge in [-0.05, 0) is 31.5 Å². The molecule has 1 aromatic heterocycles. The normalized spacial score (nSPS) is 13.1. The van der Waals surface area contributed by atoms with E-state index in [9.17, 15) is 13.2 Å². The molecule has 1 heterocycles. The molecule has 0 aliphatic rings. The lowest BCUT2D eigenvalue weighted by atomic mass is 10.1. The van der Waals surface area contributed by atoms with Crippen molar-refractivity contribution < 1.29 is 13.2 Å². The molecule has 0 fully saturated rings. The van der Waals surface area contributed by atoms with E-state index >= 15 is 0 Å². The van der Waals surface area contributed by atoms with Crippen LogP contribution in [0, 0.1) is 0 Å². The van der Waals surface area contributed by atoms with E-state index in [2.05, 4.69) is 20.7 Å². The smallest absolute Gasteiger partial charge is 0.357 e. The maximum atomic E-state index is 13.0. The van der Waals surface area contributed by atoms with Gasteiger partial charge in [0.05, 0.1) is 12.6 Å². The van der Waals surface area contributed by atoms with Gasteiger partial charge in [0.25, 0.3) is 0 Å². The fourth-order valence-electron chi connectivity index (χ4n) is 2.42. The lowest BCUT2D eigenvalue weighted by Gasteiger charge is -2.18. The zero-order chi connectivity index (χ0) is 19.3. The molecule has 0 bridgehead atoms. The number of rotatable bonds is 5. The van der Waals surface area contributed by atoms with Gasteiger partial charge in [0.2, 0.25) is 0 Å². The van der Waals surface area contributed by atoms with Crippen molar-refractivity contribution >= 4 is 41.5 Å². The van der Waals surface area contributed by atoms with Crippen LogP contribution < -0.4 is 10.6 Å². The number of alkyl halides is 3. The maximum Gasteiger partial charge on any atom is 0.435 e. The standard InChI is InChI=1S/C17H21ClF3N5.HI/c1-4-22-16(24-11(2)12-5-7-14(18)8-6-12)23-9-13-10-26(3)25-15(13)17(19,20)21;/h5-8,10-11H,4,9H2,1-3H3,(H2,22,23,24);1H. The first-order valence-corrected chi connectivity index (χ1v) is 8.48. The molecule has 2 aromatic rings. The van der Waals surface area contributed by atoms with Crippen molar-refractivity contribution in [3.05, 3.63) is 52.3 Å². The maximum absolute atomic E-state index is 13.0. The summed E-state index contributed by atoms with van der Waals surface area (Å²) in [5.41, 5.74) is 0.0964. The Labute approximate surface area is 178 Å². The lowest BCUT2D eigenvalue weighted by Crippen LogP contribution is -2.38. The molecule has 150 valence electrons. The van der Waals surface area contributed by atoms with Crippen LogP contribution in [0.2, 0.25) is 5.02 Å². The van der Waals surface area contributed by atoms with Crippen LogP contribution in [0.15, 0.2) is 35.5 Å². The van der Waals surface area contributed by atoms with Crippen LogP contribution in [0.3, 0.4) is 0 Å². The molecule has 5 nitrogen and oxygen atoms in total. The molecular weight excluding hydrogens is 494 g/mol. The van der Waals surface area contributed by atoms with Crippen molar-refractivity contribution in [2.45, 2.75) is 32.6 Å². The molecular formula is C17H22ClF3IN5. The summed E-state index contributed by atoms with van der Waals surface area (Å²) < 4.78 is 40.2. The topological polar surface area (TPSA) is 54.2 Å². The second kappa shape index (κ2) is 10.2. The lowest BCUT2D eigenvalue weighted by molar-refractivity contribution is -0.142. The molecule has 0 radical (unpaired) electrons. The number of aliphatic imine (C=N–C) groups is 1. The molecule has 0 saturated heterocycles. The van der Waals surface area contributed by atoms with Crippen LogP contribution in [-0.4, -0.2) is 22.3 Å². The quantitative estimate of drug-likeness (QED) is 0.350. The predicted molar refractivity (Wildman–Crippen MR) is 111 cm³/mol. The molecule has 0 spiro atoms. The summed E-state index contributed by atoms with van der Waals surface area (Å²) in [6.45, 7) is 4.26. The van der Waals surface area contributed by atoms with Crippen molar-refractivity contribution in [2.24, 2.45) is 12.0 Å². The number of benzene rings is 1. The molecule has 0 amide bonds. The predicted octanol–water partition coefficient (Wildman–Crippen LogP) is 4.53. The highest BCUT2D eigenvalue weighted by Gasteiger charge is 2.36. The third-order valence-electron chi connectivity index (χ3n) is 3.65. The molecule has 0 aliphatic carbocycles. The third kappa shape index (κ3) is 6.87. The third-order valence-corrected chi connectivity index (χ3v) is 3.90. The molecule has 1 atom stereocenters. The Hall–Kier alpha value is -1.49. The van der Waals surface area contributed by atoms with Crippen molar-refractivity contribution in [2.75, 3.05) is 6.54 Å². The molecule has 2 rings (SSSR count). The first kappa shape index (κ1) is 23.5. The molecule has 0 aliphatic heterocycles. The van der Waals surface area contributed by atoms with Gasteiger partial charge in [0.15, 0.2) is 11.7 Å². The minimum atomic E-state index is -4.51. The van der Waals surface area contributed by atoms with Gasteiger partial charge in [-0.2, -0.15) is 18.3 Å². The van der Waals surface area contributed by atoms with E-state index in [0.717, 1.165) is 10.2 Å². The van der Waals surface area contributed by atoms with E-state index < -0.39 is 11.9 Å². The summed E-state index contributed by atoms with van der Waals surface area (Å²) in [5, 5.41) is 10.3. The van der Waals surface area contributed by atoms with Crippen LogP contribution in [0.25, 0.3) is 0 Å². The molecule has 10 heteroatoms. The number of aryl methyl sites for hydroxylation is 1. The Bertz CT molecular complexity index is 759. The second-order valence-corrected chi connectivity index (χ2v) is 6.22. The van der Waals surface area contributed by atoms with Crippen molar-refractivity contribution in [1.82, 2.24) is 20.4 Å². The summed E-state index contributed by atoms with van der Waals surface area (Å²) in [6.07, 6.45) is -3.17. The largest absolute Gasteiger partial charge is 0.435 e. The van der Waals surface area contributed by atoms with Gasteiger partial charge in [-0.15, -0.1) is 24.0 Å². The average Bonchev–Trinajstić information content (AvgIpc) is 2.94. The minimum absolute atomic E-state index is 0. The molecule has 27 heavy (non-hydrogen) atoms. The van der Waals surface area contributed by atoms with Crippen molar-refractivity contribution in [3.63, 3.8) is 0 Å². The summed E-state index contributed by atoms with van der Waals surface area (Å²) >= 11 is 5.89. The fourth-order valence-corrected chi connectivity index (χ4v) is 2.54. The van der Waals surface area contributed by atoms with Crippen LogP contribution in [-0.2, 0) is 19.8 Å². The number of nitrogens with zero attached hydrogens (tertiary/aromatic N) is 3. The van der Waals surface area contributed by atoms with Gasteiger partial charge in [0, 0.05) is 30.4 Å². The van der Waals surface area contributed by atoms with Gasteiger partial charge >= 0.3 is 6.18 Å². The van der Waals surface area contributed by atoms with E-state index in [1.807, 2.05) is 26.0 Å². The second-order valence-electron chi connectivity index (χ2n) is 5.79. The number of guanidine groups is 1. The van der Waals surface area contributed by atoms with E-state index in [-0.39, 0.29) is 42.1 Å². The molecule has 1 aromatic carbocycles. The number of hydrogen-bond donors (Lipinski definition) is 2. The molecule has 0 saturated carbocycles. The van der Waals surface area contributed by atoms with E-state index in [1.165, 1.54) is 13.2 Å². The van der Waals surface area contributed by atoms with Crippen LogP contribution in [0.4, 0.5) is 13.2 Å². The summed E-state index contributed by atoms with van der Waals surface area (Å²) in [6, 6.07) is 7.23. The Morgan fingerprint density at radius 1 is 1.30 bits per heavy atom. The van der Waals surface area contributed by atoms with Crippen molar-refractivity contribution in [1.29, 1.82) is 0 Å². The molecule has 1 unspecified atom stereocenters. The first-order chi connectivity index (χ1) is 12.2. The fraction of sp³-hybridized carbons (Fsp3) is 0.412. The van der Waals surface area contributed by atoms with Gasteiger partial charge in [0.1, 0.15) is 0 Å². The summed E-state index contributed by atoms with van der Waals surface area (Å²) in [5.74, 6) is 0.423. The summed E-state index contributed by atoms with van der Waals surface area (Å²) in [7, 11) is 1.45. The SMILES string of the molecule is CCNC(=NCc1cn(C)nc1C(F)(F)F)NC(C)c1ccc(Cl)cc1.I. The highest BCUT2D eigenvalue weighted by atomic mass is 127. The van der Waals surface area contributed by atoms with Gasteiger partial charge in [-0.25, -0.2) is 4.99 Å². The van der Waals surface area contributed by atoms with Crippen LogP contribution in [0.5, 0.6) is 0 Å². The number of nitrogens with one attached hydrogen (secondary N) is 2. The van der Waals surface area contributed by atoms with Gasteiger partial charge < -0.3 is 10.6 Å². The Kier molecular flexibility index (Phi) is 8.86. The average molecular weight is 516 g/mol. The summed E-state index contributed by atoms with van der Waals surface area (Å²) in [4.78, 5) is 4.27. The number of aromatic nitrogens is 2. The first-order valence-electron chi connectivity index (χ1n) is 8.10. The zero-order valence-electron chi connectivity index (χ0n) is 15.1. The highest BCUT2D eigenvalue weighted by molar-refractivity contribution is 14.0. The monoisotopic (exact) mass is 515 g/mol. The highest BCUT2D eigenvalue weighted by Crippen LogP contribution is 2.30. The number of halogens is 5. The van der Waals surface area contributed by atoms with Crippen LogP contribution >= 0.6 is 35.6 Å². The van der Waals surface area contributed by atoms with Gasteiger partial charge in [-0.1, -0.05) is 23.7 Å². The Balaban J connectivity index is 0.00000364. The Morgan fingerprint density at radius 3 is 2.48 bits per heavy atom. The minimum Gasteiger partial charge on any atom is -0.357 e. The van der Waals surface area contributed by atoms with E-state index in [0.29, 0.717) is 17.5 Å². The number of hydrogen-bond acceptors (Lipinski definition) is 2.